The third kappa shape index (κ3) is 2.80. The van der Waals surface area contributed by atoms with Gasteiger partial charge in [-0.25, -0.2) is 0 Å². The zero-order chi connectivity index (χ0) is 14.8. The Morgan fingerprint density at radius 1 is 1.20 bits per heavy atom. The first-order chi connectivity index (χ1) is 9.49. The first-order valence-corrected chi connectivity index (χ1v) is 7.81. The van der Waals surface area contributed by atoms with E-state index in [1.807, 2.05) is 26.2 Å². The van der Waals surface area contributed by atoms with Crippen LogP contribution in [0.1, 0.15) is 55.5 Å². The van der Waals surface area contributed by atoms with Gasteiger partial charge in [0.2, 0.25) is 0 Å². The van der Waals surface area contributed by atoms with Crippen LogP contribution in [0.5, 0.6) is 0 Å². The molecule has 0 spiro atoms. The second-order valence-corrected chi connectivity index (χ2v) is 6.49. The van der Waals surface area contributed by atoms with Crippen molar-refractivity contribution in [3.8, 4) is 0 Å². The summed E-state index contributed by atoms with van der Waals surface area (Å²) in [6, 6.07) is 8.18. The van der Waals surface area contributed by atoms with Gasteiger partial charge in [0, 0.05) is 5.56 Å². The lowest BCUT2D eigenvalue weighted by Gasteiger charge is -2.43. The molecule has 0 unspecified atom stereocenters. The fourth-order valence-electron chi connectivity index (χ4n) is 3.28. The molecule has 1 saturated carbocycles. The quantitative estimate of drug-likeness (QED) is 0.774. The molecule has 2 nitrogen and oxygen atoms in total. The number of hydrogen-bond acceptors (Lipinski definition) is 2. The van der Waals surface area contributed by atoms with Gasteiger partial charge in [-0.1, -0.05) is 38.1 Å². The summed E-state index contributed by atoms with van der Waals surface area (Å²) in [6.07, 6.45) is 5.28. The van der Waals surface area contributed by atoms with Gasteiger partial charge >= 0.3 is 0 Å². The first-order valence-electron chi connectivity index (χ1n) is 7.81. The zero-order valence-electron chi connectivity index (χ0n) is 13.3. The molecular formula is C18H27NO. The third-order valence-electron chi connectivity index (χ3n) is 5.00. The molecule has 110 valence electrons. The van der Waals surface area contributed by atoms with Crippen molar-refractivity contribution in [2.45, 2.75) is 51.5 Å². The molecule has 2 rings (SSSR count). The fourth-order valence-corrected chi connectivity index (χ4v) is 3.28. The van der Waals surface area contributed by atoms with Crippen molar-refractivity contribution in [1.82, 2.24) is 4.90 Å². The maximum absolute atomic E-state index is 13.0. The summed E-state index contributed by atoms with van der Waals surface area (Å²) < 4.78 is 0. The van der Waals surface area contributed by atoms with Crippen molar-refractivity contribution in [1.29, 1.82) is 0 Å². The average Bonchev–Trinajstić information content (AvgIpc) is 2.47. The number of rotatable bonds is 4. The Balaban J connectivity index is 2.26. The van der Waals surface area contributed by atoms with Crippen molar-refractivity contribution in [3.63, 3.8) is 0 Å². The molecule has 0 saturated heterocycles. The topological polar surface area (TPSA) is 20.3 Å². The minimum Gasteiger partial charge on any atom is -0.297 e. The van der Waals surface area contributed by atoms with E-state index in [1.54, 1.807) is 0 Å². The second kappa shape index (κ2) is 6.09. The van der Waals surface area contributed by atoms with Crippen molar-refractivity contribution in [2.75, 3.05) is 14.1 Å². The van der Waals surface area contributed by atoms with E-state index in [4.69, 9.17) is 0 Å². The van der Waals surface area contributed by atoms with E-state index < -0.39 is 0 Å². The van der Waals surface area contributed by atoms with E-state index >= 15 is 0 Å². The number of hydrogen-bond donors (Lipinski definition) is 0. The second-order valence-electron chi connectivity index (χ2n) is 6.49. The number of carbonyl (C=O) groups is 1. The highest BCUT2D eigenvalue weighted by atomic mass is 16.1. The number of aryl methyl sites for hydroxylation is 1. The zero-order valence-corrected chi connectivity index (χ0v) is 13.3. The number of Topliss-reactive ketones (excluding diaryl/α,β-unsaturated/α-hetero) is 1. The number of likely N-dealkylation sites (N-methyl/N-ethyl adjacent to an activating group) is 1. The van der Waals surface area contributed by atoms with Crippen molar-refractivity contribution in [3.05, 3.63) is 35.4 Å². The number of ketones is 1. The van der Waals surface area contributed by atoms with Crippen molar-refractivity contribution >= 4 is 5.78 Å². The Morgan fingerprint density at radius 3 is 2.20 bits per heavy atom. The Bertz CT molecular complexity index is 453. The molecule has 0 amide bonds. The molecule has 2 heteroatoms. The van der Waals surface area contributed by atoms with Crippen LogP contribution in [-0.4, -0.2) is 30.3 Å². The molecule has 0 N–H and O–H groups in total. The molecule has 1 aromatic rings. The van der Waals surface area contributed by atoms with Crippen LogP contribution in [0.4, 0.5) is 0 Å². The normalized spacial score (nSPS) is 26.8. The highest BCUT2D eigenvalue weighted by Crippen LogP contribution is 2.37. The van der Waals surface area contributed by atoms with Crippen LogP contribution in [-0.2, 0) is 6.42 Å². The van der Waals surface area contributed by atoms with Gasteiger partial charge in [0.1, 0.15) is 0 Å². The molecule has 0 aromatic heterocycles. The molecule has 0 aliphatic heterocycles. The van der Waals surface area contributed by atoms with Crippen LogP contribution < -0.4 is 0 Å². The molecule has 1 aliphatic rings. The van der Waals surface area contributed by atoms with Crippen LogP contribution in [0.3, 0.4) is 0 Å². The maximum atomic E-state index is 13.0. The molecule has 0 atom stereocenters. The minimum absolute atomic E-state index is 0.291. The monoisotopic (exact) mass is 273 g/mol. The number of nitrogens with zero attached hydrogens (tertiary/aromatic N) is 1. The Hall–Kier alpha value is -1.15. The van der Waals surface area contributed by atoms with Crippen molar-refractivity contribution in [2.24, 2.45) is 5.92 Å². The van der Waals surface area contributed by atoms with E-state index in [9.17, 15) is 4.79 Å². The highest BCUT2D eigenvalue weighted by molar-refractivity contribution is 6.03. The van der Waals surface area contributed by atoms with Gasteiger partial charge in [0.25, 0.3) is 0 Å². The van der Waals surface area contributed by atoms with Crippen LogP contribution in [0.25, 0.3) is 0 Å². The predicted molar refractivity (Wildman–Crippen MR) is 84.2 cm³/mol. The molecule has 1 aliphatic carbocycles. The summed E-state index contributed by atoms with van der Waals surface area (Å²) in [4.78, 5) is 15.2. The summed E-state index contributed by atoms with van der Waals surface area (Å²) in [7, 11) is 4.10. The smallest absolute Gasteiger partial charge is 0.183 e. The minimum atomic E-state index is -0.291. The van der Waals surface area contributed by atoms with Gasteiger partial charge in [0.05, 0.1) is 5.54 Å². The molecule has 20 heavy (non-hydrogen) atoms. The molecule has 0 bridgehead atoms. The summed E-state index contributed by atoms with van der Waals surface area (Å²) in [5.74, 6) is 1.05. The molecule has 1 fully saturated rings. The number of carbonyl (C=O) groups excluding carboxylic acids is 1. The first kappa shape index (κ1) is 15.2. The van der Waals surface area contributed by atoms with E-state index in [2.05, 4.69) is 30.9 Å². The standard InChI is InChI=1S/C18H27NO/c1-5-15-6-8-16(9-7-15)17(20)18(19(3)4)12-10-14(2)11-13-18/h6-9,14H,5,10-13H2,1-4H3. The lowest BCUT2D eigenvalue weighted by atomic mass is 9.72. The lowest BCUT2D eigenvalue weighted by molar-refractivity contribution is 0.0513. The Kier molecular flexibility index (Phi) is 4.64. The van der Waals surface area contributed by atoms with Gasteiger partial charge in [0.15, 0.2) is 5.78 Å². The van der Waals surface area contributed by atoms with Gasteiger partial charge < -0.3 is 0 Å². The van der Waals surface area contributed by atoms with Gasteiger partial charge in [-0.15, -0.1) is 0 Å². The summed E-state index contributed by atoms with van der Waals surface area (Å²) in [6.45, 7) is 4.43. The predicted octanol–water partition coefficient (Wildman–Crippen LogP) is 3.94. The van der Waals surface area contributed by atoms with Crippen LogP contribution in [0.2, 0.25) is 0 Å². The molecule has 0 radical (unpaired) electrons. The number of benzene rings is 1. The molecule has 1 aromatic carbocycles. The summed E-state index contributed by atoms with van der Waals surface area (Å²) in [5.41, 5.74) is 1.86. The van der Waals surface area contributed by atoms with Gasteiger partial charge in [-0.2, -0.15) is 0 Å². The third-order valence-corrected chi connectivity index (χ3v) is 5.00. The SMILES string of the molecule is CCc1ccc(C(=O)C2(N(C)C)CCC(C)CC2)cc1. The summed E-state index contributed by atoms with van der Waals surface area (Å²) >= 11 is 0. The summed E-state index contributed by atoms with van der Waals surface area (Å²) in [5, 5.41) is 0. The van der Waals surface area contributed by atoms with Gasteiger partial charge in [-0.05, 0) is 57.7 Å². The van der Waals surface area contributed by atoms with Crippen LogP contribution in [0, 0.1) is 5.92 Å². The van der Waals surface area contributed by atoms with E-state index in [0.717, 1.165) is 43.6 Å². The Morgan fingerprint density at radius 2 is 1.75 bits per heavy atom. The van der Waals surface area contributed by atoms with Crippen LogP contribution in [0.15, 0.2) is 24.3 Å². The molecular weight excluding hydrogens is 246 g/mol. The highest BCUT2D eigenvalue weighted by Gasteiger charge is 2.42. The van der Waals surface area contributed by atoms with E-state index in [1.165, 1.54) is 5.56 Å². The lowest BCUT2D eigenvalue weighted by Crippen LogP contribution is -2.53. The van der Waals surface area contributed by atoms with Crippen molar-refractivity contribution < 1.29 is 4.79 Å². The molecule has 0 heterocycles. The fraction of sp³-hybridized carbons (Fsp3) is 0.611. The average molecular weight is 273 g/mol. The maximum Gasteiger partial charge on any atom is 0.183 e. The Labute approximate surface area is 123 Å². The van der Waals surface area contributed by atoms with E-state index in [-0.39, 0.29) is 5.54 Å². The largest absolute Gasteiger partial charge is 0.297 e. The van der Waals surface area contributed by atoms with Gasteiger partial charge in [-0.3, -0.25) is 9.69 Å². The van der Waals surface area contributed by atoms with E-state index in [0.29, 0.717) is 5.78 Å². The van der Waals surface area contributed by atoms with Crippen LogP contribution >= 0.6 is 0 Å².